The zero-order valence-electron chi connectivity index (χ0n) is 15.4. The van der Waals surface area contributed by atoms with Gasteiger partial charge in [0.05, 0.1) is 18.7 Å². The van der Waals surface area contributed by atoms with E-state index in [0.717, 1.165) is 29.0 Å². The molecule has 1 N–H and O–H groups in total. The van der Waals surface area contributed by atoms with Crippen molar-refractivity contribution in [2.24, 2.45) is 0 Å². The van der Waals surface area contributed by atoms with Gasteiger partial charge in [-0.25, -0.2) is 4.90 Å². The van der Waals surface area contributed by atoms with Gasteiger partial charge in [-0.2, -0.15) is 0 Å². The maximum absolute atomic E-state index is 12.8. The fraction of sp³-hybridized carbons (Fsp3) is 0.333. The zero-order chi connectivity index (χ0) is 18.7. The number of ether oxygens (including phenoxy) is 1. The van der Waals surface area contributed by atoms with Crippen LogP contribution in [0.2, 0.25) is 0 Å². The summed E-state index contributed by atoms with van der Waals surface area (Å²) in [7, 11) is 0. The lowest BCUT2D eigenvalue weighted by Crippen LogP contribution is -2.34. The summed E-state index contributed by atoms with van der Waals surface area (Å²) in [5.74, 6) is 0.318. The molecule has 1 atom stereocenters. The predicted octanol–water partition coefficient (Wildman–Crippen LogP) is 3.84. The van der Waals surface area contributed by atoms with Gasteiger partial charge in [0.15, 0.2) is 0 Å². The molecule has 1 aliphatic rings. The van der Waals surface area contributed by atoms with Gasteiger partial charge in [0.25, 0.3) is 5.91 Å². The standard InChI is InChI=1S/C21H24N2O3/c1-4-11-26-17-9-7-16(8-10-17)23-20(24)13-19(21(23)25)22-18-12-14(2)5-6-15(18)3/h5-10,12,19,22H,4,11,13H2,1-3H3/t19-/m1/s1. The van der Waals surface area contributed by atoms with Crippen LogP contribution < -0.4 is 15.0 Å². The number of aryl methyl sites for hydroxylation is 2. The molecular weight excluding hydrogens is 328 g/mol. The molecule has 0 aliphatic carbocycles. The Kier molecular flexibility index (Phi) is 5.26. The summed E-state index contributed by atoms with van der Waals surface area (Å²) >= 11 is 0. The lowest BCUT2D eigenvalue weighted by Gasteiger charge is -2.17. The number of rotatable bonds is 6. The fourth-order valence-corrected chi connectivity index (χ4v) is 3.01. The molecule has 0 aromatic heterocycles. The third-order valence-corrected chi connectivity index (χ3v) is 4.44. The Morgan fingerprint density at radius 1 is 1.12 bits per heavy atom. The summed E-state index contributed by atoms with van der Waals surface area (Å²) < 4.78 is 5.55. The van der Waals surface area contributed by atoms with E-state index in [4.69, 9.17) is 4.74 Å². The molecule has 1 saturated heterocycles. The number of nitrogens with zero attached hydrogens (tertiary/aromatic N) is 1. The van der Waals surface area contributed by atoms with Crippen molar-refractivity contribution in [2.75, 3.05) is 16.8 Å². The first-order valence-corrected chi connectivity index (χ1v) is 8.93. The number of carbonyl (C=O) groups excluding carboxylic acids is 2. The normalized spacial score (nSPS) is 16.9. The maximum atomic E-state index is 12.8. The van der Waals surface area contributed by atoms with Gasteiger partial charge in [0.2, 0.25) is 5.91 Å². The molecule has 0 radical (unpaired) electrons. The van der Waals surface area contributed by atoms with Gasteiger partial charge in [-0.3, -0.25) is 9.59 Å². The zero-order valence-corrected chi connectivity index (χ0v) is 15.4. The van der Waals surface area contributed by atoms with Crippen molar-refractivity contribution < 1.29 is 14.3 Å². The summed E-state index contributed by atoms with van der Waals surface area (Å²) in [6.07, 6.45) is 1.08. The molecule has 26 heavy (non-hydrogen) atoms. The monoisotopic (exact) mass is 352 g/mol. The molecule has 2 aromatic carbocycles. The maximum Gasteiger partial charge on any atom is 0.256 e. The number of carbonyl (C=O) groups is 2. The Morgan fingerprint density at radius 2 is 1.85 bits per heavy atom. The number of anilines is 2. The average molecular weight is 352 g/mol. The van der Waals surface area contributed by atoms with E-state index in [9.17, 15) is 9.59 Å². The number of benzene rings is 2. The second-order valence-electron chi connectivity index (χ2n) is 6.63. The highest BCUT2D eigenvalue weighted by molar-refractivity contribution is 6.23. The fourth-order valence-electron chi connectivity index (χ4n) is 3.01. The minimum atomic E-state index is -0.543. The molecule has 1 fully saturated rings. The third-order valence-electron chi connectivity index (χ3n) is 4.44. The molecule has 5 heteroatoms. The van der Waals surface area contributed by atoms with E-state index in [-0.39, 0.29) is 18.2 Å². The van der Waals surface area contributed by atoms with Crippen molar-refractivity contribution in [3.63, 3.8) is 0 Å². The first-order valence-electron chi connectivity index (χ1n) is 8.93. The van der Waals surface area contributed by atoms with Crippen LogP contribution in [0, 0.1) is 13.8 Å². The van der Waals surface area contributed by atoms with E-state index in [1.54, 1.807) is 24.3 Å². The van der Waals surface area contributed by atoms with Crippen LogP contribution in [0.3, 0.4) is 0 Å². The minimum absolute atomic E-state index is 0.153. The van der Waals surface area contributed by atoms with Crippen LogP contribution in [0.15, 0.2) is 42.5 Å². The van der Waals surface area contributed by atoms with Crippen LogP contribution in [-0.4, -0.2) is 24.5 Å². The van der Waals surface area contributed by atoms with E-state index < -0.39 is 6.04 Å². The average Bonchev–Trinajstić information content (AvgIpc) is 2.90. The number of nitrogens with one attached hydrogen (secondary N) is 1. The van der Waals surface area contributed by atoms with Crippen molar-refractivity contribution >= 4 is 23.2 Å². The predicted molar refractivity (Wildman–Crippen MR) is 103 cm³/mol. The largest absolute Gasteiger partial charge is 0.494 e. The van der Waals surface area contributed by atoms with Crippen LogP contribution in [0.4, 0.5) is 11.4 Å². The van der Waals surface area contributed by atoms with Gasteiger partial charge in [-0.1, -0.05) is 19.1 Å². The number of amides is 2. The first kappa shape index (κ1) is 18.0. The summed E-state index contributed by atoms with van der Waals surface area (Å²) in [5.41, 5.74) is 3.62. The minimum Gasteiger partial charge on any atom is -0.494 e. The van der Waals surface area contributed by atoms with E-state index >= 15 is 0 Å². The van der Waals surface area contributed by atoms with Crippen molar-refractivity contribution in [2.45, 2.75) is 39.7 Å². The molecule has 136 valence electrons. The SMILES string of the molecule is CCCOc1ccc(N2C(=O)C[C@@H](Nc3cc(C)ccc3C)C2=O)cc1. The molecule has 0 unspecified atom stereocenters. The molecule has 5 nitrogen and oxygen atoms in total. The Labute approximate surface area is 154 Å². The van der Waals surface area contributed by atoms with Crippen LogP contribution in [0.25, 0.3) is 0 Å². The highest BCUT2D eigenvalue weighted by Gasteiger charge is 2.39. The molecule has 0 saturated carbocycles. The molecular formula is C21H24N2O3. The summed E-state index contributed by atoms with van der Waals surface area (Å²) in [4.78, 5) is 26.5. The summed E-state index contributed by atoms with van der Waals surface area (Å²) in [6, 6.07) is 12.6. The number of hydrogen-bond acceptors (Lipinski definition) is 4. The Bertz CT molecular complexity index is 815. The third kappa shape index (κ3) is 3.72. The molecule has 0 spiro atoms. The smallest absolute Gasteiger partial charge is 0.256 e. The quantitative estimate of drug-likeness (QED) is 0.803. The van der Waals surface area contributed by atoms with E-state index in [0.29, 0.717) is 12.3 Å². The van der Waals surface area contributed by atoms with Gasteiger partial charge in [-0.05, 0) is 61.7 Å². The first-order chi connectivity index (χ1) is 12.5. The van der Waals surface area contributed by atoms with E-state index in [2.05, 4.69) is 5.32 Å². The van der Waals surface area contributed by atoms with Gasteiger partial charge in [0.1, 0.15) is 11.8 Å². The molecule has 1 aliphatic heterocycles. The highest BCUT2D eigenvalue weighted by Crippen LogP contribution is 2.28. The second kappa shape index (κ2) is 7.60. The lowest BCUT2D eigenvalue weighted by molar-refractivity contribution is -0.121. The Morgan fingerprint density at radius 3 is 2.54 bits per heavy atom. The van der Waals surface area contributed by atoms with Crippen molar-refractivity contribution in [3.8, 4) is 5.75 Å². The van der Waals surface area contributed by atoms with Gasteiger partial charge in [0, 0.05) is 5.69 Å². The van der Waals surface area contributed by atoms with Crippen molar-refractivity contribution in [1.29, 1.82) is 0 Å². The van der Waals surface area contributed by atoms with E-state index in [1.165, 1.54) is 4.90 Å². The molecule has 0 bridgehead atoms. The summed E-state index contributed by atoms with van der Waals surface area (Å²) in [6.45, 7) is 6.66. The molecule has 2 aromatic rings. The van der Waals surface area contributed by atoms with Gasteiger partial charge in [-0.15, -0.1) is 0 Å². The number of hydrogen-bond donors (Lipinski definition) is 1. The van der Waals surface area contributed by atoms with Crippen LogP contribution in [-0.2, 0) is 9.59 Å². The van der Waals surface area contributed by atoms with Crippen molar-refractivity contribution in [3.05, 3.63) is 53.6 Å². The Hall–Kier alpha value is -2.82. The van der Waals surface area contributed by atoms with Crippen LogP contribution >= 0.6 is 0 Å². The van der Waals surface area contributed by atoms with E-state index in [1.807, 2.05) is 39.0 Å². The topological polar surface area (TPSA) is 58.6 Å². The number of imide groups is 1. The second-order valence-corrected chi connectivity index (χ2v) is 6.63. The highest BCUT2D eigenvalue weighted by atomic mass is 16.5. The van der Waals surface area contributed by atoms with Crippen molar-refractivity contribution in [1.82, 2.24) is 0 Å². The van der Waals surface area contributed by atoms with Crippen LogP contribution in [0.5, 0.6) is 5.75 Å². The van der Waals surface area contributed by atoms with Gasteiger partial charge < -0.3 is 10.1 Å². The van der Waals surface area contributed by atoms with Crippen LogP contribution in [0.1, 0.15) is 30.9 Å². The Balaban J connectivity index is 1.75. The van der Waals surface area contributed by atoms with Gasteiger partial charge >= 0.3 is 0 Å². The molecule has 3 rings (SSSR count). The molecule has 1 heterocycles. The summed E-state index contributed by atoms with van der Waals surface area (Å²) in [5, 5.41) is 3.23. The lowest BCUT2D eigenvalue weighted by atomic mass is 10.1. The molecule has 2 amide bonds.